The minimum absolute atomic E-state index is 0.0626. The number of nitrogens with one attached hydrogen (secondary N) is 3. The zero-order chi connectivity index (χ0) is 10.4. The molecule has 5 heteroatoms. The summed E-state index contributed by atoms with van der Waals surface area (Å²) in [6.45, 7) is 7.11. The molecule has 0 saturated carbocycles. The van der Waals surface area contributed by atoms with Gasteiger partial charge in [-0.15, -0.1) is 0 Å². The third-order valence-corrected chi connectivity index (χ3v) is 1.96. The van der Waals surface area contributed by atoms with E-state index in [-0.39, 0.29) is 12.2 Å². The van der Waals surface area contributed by atoms with E-state index in [4.69, 9.17) is 4.74 Å². The Morgan fingerprint density at radius 1 is 1.57 bits per heavy atom. The van der Waals surface area contributed by atoms with Gasteiger partial charge in [0.15, 0.2) is 0 Å². The maximum absolute atomic E-state index is 11.1. The SMILES string of the molecule is CC(C)OC(=O)NCC1CNCCN1. The van der Waals surface area contributed by atoms with Crippen LogP contribution in [0.1, 0.15) is 13.8 Å². The van der Waals surface area contributed by atoms with E-state index in [9.17, 15) is 4.79 Å². The van der Waals surface area contributed by atoms with Gasteiger partial charge in [-0.05, 0) is 13.8 Å². The van der Waals surface area contributed by atoms with Gasteiger partial charge < -0.3 is 20.7 Å². The second-order valence-electron chi connectivity index (χ2n) is 3.69. The predicted molar refractivity (Wildman–Crippen MR) is 54.3 cm³/mol. The van der Waals surface area contributed by atoms with Gasteiger partial charge in [0.05, 0.1) is 6.10 Å². The molecule has 0 aromatic heterocycles. The van der Waals surface area contributed by atoms with E-state index >= 15 is 0 Å². The second kappa shape index (κ2) is 5.82. The third kappa shape index (κ3) is 4.43. The van der Waals surface area contributed by atoms with Crippen LogP contribution in [-0.2, 0) is 4.74 Å². The van der Waals surface area contributed by atoms with Crippen LogP contribution in [0.4, 0.5) is 4.79 Å². The molecule has 1 rings (SSSR count). The normalized spacial score (nSPS) is 22.1. The molecular weight excluding hydrogens is 182 g/mol. The highest BCUT2D eigenvalue weighted by atomic mass is 16.6. The Labute approximate surface area is 84.6 Å². The molecule has 1 aliphatic rings. The summed E-state index contributed by atoms with van der Waals surface area (Å²) < 4.78 is 4.94. The van der Waals surface area contributed by atoms with Gasteiger partial charge >= 0.3 is 6.09 Å². The number of alkyl carbamates (subject to hydrolysis) is 1. The second-order valence-corrected chi connectivity index (χ2v) is 3.69. The van der Waals surface area contributed by atoms with Gasteiger partial charge in [-0.1, -0.05) is 0 Å². The smallest absolute Gasteiger partial charge is 0.407 e. The number of piperazine rings is 1. The number of amides is 1. The molecule has 0 radical (unpaired) electrons. The quantitative estimate of drug-likeness (QED) is 0.586. The van der Waals surface area contributed by atoms with Crippen molar-refractivity contribution in [3.8, 4) is 0 Å². The fourth-order valence-corrected chi connectivity index (χ4v) is 1.32. The van der Waals surface area contributed by atoms with Gasteiger partial charge in [0.25, 0.3) is 0 Å². The summed E-state index contributed by atoms with van der Waals surface area (Å²) in [6, 6.07) is 0.309. The molecule has 1 saturated heterocycles. The first-order chi connectivity index (χ1) is 6.68. The van der Waals surface area contributed by atoms with Gasteiger partial charge in [-0.3, -0.25) is 0 Å². The van der Waals surface area contributed by atoms with Gasteiger partial charge in [0.2, 0.25) is 0 Å². The number of carbonyl (C=O) groups excluding carboxylic acids is 1. The average molecular weight is 201 g/mol. The Bertz CT molecular complexity index is 179. The molecule has 1 aliphatic heterocycles. The lowest BCUT2D eigenvalue weighted by Gasteiger charge is -2.24. The number of hydrogen-bond acceptors (Lipinski definition) is 4. The number of hydrogen-bond donors (Lipinski definition) is 3. The third-order valence-electron chi connectivity index (χ3n) is 1.96. The Kier molecular flexibility index (Phi) is 4.69. The number of ether oxygens (including phenoxy) is 1. The summed E-state index contributed by atoms with van der Waals surface area (Å²) in [5, 5.41) is 9.26. The van der Waals surface area contributed by atoms with E-state index in [1.807, 2.05) is 13.8 Å². The summed E-state index contributed by atoms with van der Waals surface area (Å²) in [5.41, 5.74) is 0. The highest BCUT2D eigenvalue weighted by Gasteiger charge is 2.13. The van der Waals surface area contributed by atoms with Crippen molar-refractivity contribution in [1.29, 1.82) is 0 Å². The van der Waals surface area contributed by atoms with Gasteiger partial charge in [-0.2, -0.15) is 0 Å². The summed E-state index contributed by atoms with van der Waals surface area (Å²) in [7, 11) is 0. The van der Waals surface area contributed by atoms with Crippen LogP contribution in [0.15, 0.2) is 0 Å². The van der Waals surface area contributed by atoms with Crippen LogP contribution in [0.25, 0.3) is 0 Å². The Hall–Kier alpha value is -0.810. The zero-order valence-electron chi connectivity index (χ0n) is 8.80. The molecule has 0 aromatic rings. The van der Waals surface area contributed by atoms with E-state index < -0.39 is 0 Å². The lowest BCUT2D eigenvalue weighted by atomic mass is 10.2. The first-order valence-corrected chi connectivity index (χ1v) is 5.07. The van der Waals surface area contributed by atoms with Crippen molar-refractivity contribution in [3.63, 3.8) is 0 Å². The van der Waals surface area contributed by atoms with Crippen LogP contribution in [-0.4, -0.2) is 44.4 Å². The summed E-state index contributed by atoms with van der Waals surface area (Å²) in [4.78, 5) is 11.1. The van der Waals surface area contributed by atoms with Crippen molar-refractivity contribution in [2.45, 2.75) is 26.0 Å². The average Bonchev–Trinajstić information content (AvgIpc) is 2.15. The molecule has 1 unspecified atom stereocenters. The van der Waals surface area contributed by atoms with Crippen molar-refractivity contribution >= 4 is 6.09 Å². The fraction of sp³-hybridized carbons (Fsp3) is 0.889. The van der Waals surface area contributed by atoms with E-state index in [0.29, 0.717) is 12.6 Å². The van der Waals surface area contributed by atoms with Crippen molar-refractivity contribution in [2.24, 2.45) is 0 Å². The monoisotopic (exact) mass is 201 g/mol. The predicted octanol–water partition coefficient (Wildman–Crippen LogP) is -0.318. The summed E-state index contributed by atoms with van der Waals surface area (Å²) in [6.07, 6.45) is -0.403. The molecule has 1 fully saturated rings. The standard InChI is InChI=1S/C9H19N3O2/c1-7(2)14-9(13)12-6-8-5-10-3-4-11-8/h7-8,10-11H,3-6H2,1-2H3,(H,12,13). The molecule has 1 amide bonds. The highest BCUT2D eigenvalue weighted by Crippen LogP contribution is 1.89. The van der Waals surface area contributed by atoms with Gasteiger partial charge in [0.1, 0.15) is 0 Å². The molecule has 1 atom stereocenters. The molecule has 0 spiro atoms. The molecule has 0 bridgehead atoms. The number of rotatable bonds is 3. The van der Waals surface area contributed by atoms with Crippen molar-refractivity contribution in [2.75, 3.05) is 26.2 Å². The van der Waals surface area contributed by atoms with Crippen LogP contribution in [0.5, 0.6) is 0 Å². The van der Waals surface area contributed by atoms with Crippen molar-refractivity contribution in [1.82, 2.24) is 16.0 Å². The first kappa shape index (κ1) is 11.3. The fourth-order valence-electron chi connectivity index (χ4n) is 1.32. The Morgan fingerprint density at radius 3 is 2.93 bits per heavy atom. The summed E-state index contributed by atoms with van der Waals surface area (Å²) >= 11 is 0. The minimum atomic E-state index is -0.340. The Balaban J connectivity index is 2.09. The number of carbonyl (C=O) groups is 1. The molecule has 0 aromatic carbocycles. The topological polar surface area (TPSA) is 62.4 Å². The largest absolute Gasteiger partial charge is 0.447 e. The van der Waals surface area contributed by atoms with E-state index in [0.717, 1.165) is 19.6 Å². The molecular formula is C9H19N3O2. The highest BCUT2D eigenvalue weighted by molar-refractivity contribution is 5.67. The van der Waals surface area contributed by atoms with Gasteiger partial charge in [-0.25, -0.2) is 4.79 Å². The lowest BCUT2D eigenvalue weighted by molar-refractivity contribution is 0.114. The molecule has 1 heterocycles. The van der Waals surface area contributed by atoms with Crippen molar-refractivity contribution in [3.05, 3.63) is 0 Å². The molecule has 14 heavy (non-hydrogen) atoms. The first-order valence-electron chi connectivity index (χ1n) is 5.07. The van der Waals surface area contributed by atoms with Crippen LogP contribution in [0, 0.1) is 0 Å². The lowest BCUT2D eigenvalue weighted by Crippen LogP contribution is -2.53. The minimum Gasteiger partial charge on any atom is -0.447 e. The molecule has 5 nitrogen and oxygen atoms in total. The van der Waals surface area contributed by atoms with E-state index in [1.165, 1.54) is 0 Å². The Morgan fingerprint density at radius 2 is 2.36 bits per heavy atom. The maximum atomic E-state index is 11.1. The van der Waals surface area contributed by atoms with E-state index in [1.54, 1.807) is 0 Å². The summed E-state index contributed by atoms with van der Waals surface area (Å²) in [5.74, 6) is 0. The van der Waals surface area contributed by atoms with E-state index in [2.05, 4.69) is 16.0 Å². The molecule has 82 valence electrons. The van der Waals surface area contributed by atoms with Crippen LogP contribution in [0.2, 0.25) is 0 Å². The maximum Gasteiger partial charge on any atom is 0.407 e. The molecule has 3 N–H and O–H groups in total. The van der Waals surface area contributed by atoms with Crippen LogP contribution >= 0.6 is 0 Å². The van der Waals surface area contributed by atoms with Gasteiger partial charge in [0, 0.05) is 32.2 Å². The van der Waals surface area contributed by atoms with Crippen LogP contribution in [0.3, 0.4) is 0 Å². The zero-order valence-corrected chi connectivity index (χ0v) is 8.80. The van der Waals surface area contributed by atoms with Crippen molar-refractivity contribution < 1.29 is 9.53 Å². The molecule has 0 aliphatic carbocycles. The van der Waals surface area contributed by atoms with Crippen LogP contribution < -0.4 is 16.0 Å².